The van der Waals surface area contributed by atoms with E-state index >= 15 is 0 Å². The first-order valence-corrected chi connectivity index (χ1v) is 6.43. The normalized spacial score (nSPS) is 10.4. The average molecular weight is 270 g/mol. The van der Waals surface area contributed by atoms with Crippen LogP contribution in [0, 0.1) is 0 Å². The first-order valence-electron chi connectivity index (χ1n) is 5.21. The lowest BCUT2D eigenvalue weighted by Crippen LogP contribution is -2.37. The number of hydrogen-bond donors (Lipinski definition) is 2. The van der Waals surface area contributed by atoms with Crippen LogP contribution in [0.5, 0.6) is 0 Å². The van der Waals surface area contributed by atoms with Crippen molar-refractivity contribution in [2.75, 3.05) is 26.4 Å². The highest BCUT2D eigenvalue weighted by Crippen LogP contribution is 2.00. The van der Waals surface area contributed by atoms with Crippen LogP contribution in [0.2, 0.25) is 0 Å². The Hall–Kier alpha value is -1.76. The second-order valence-corrected chi connectivity index (χ2v) is 3.89. The third-order valence-corrected chi connectivity index (χ3v) is 2.39. The zero-order valence-corrected chi connectivity index (χ0v) is 11.4. The minimum Gasteiger partial charge on any atom is -0.341 e. The molecule has 0 unspecified atom stereocenters. The molecule has 0 atom stereocenters. The standard InChI is InChI=1S/C11H18N4O2S/c1-5-7-15(8-6-2)11(17)14-10(18-4)13-9(16)12-3/h5-6H,1-2,7-8H2,3-4H3,(H2,12,13,14,16,17). The predicted octanol–water partition coefficient (Wildman–Crippen LogP) is 1.43. The van der Waals surface area contributed by atoms with Gasteiger partial charge in [0.15, 0.2) is 5.17 Å². The number of hydrogen-bond acceptors (Lipinski definition) is 3. The van der Waals surface area contributed by atoms with Crippen LogP contribution in [-0.4, -0.2) is 48.5 Å². The minimum atomic E-state index is -0.449. The van der Waals surface area contributed by atoms with E-state index in [9.17, 15) is 9.59 Å². The Kier molecular flexibility index (Phi) is 8.38. The van der Waals surface area contributed by atoms with E-state index in [1.54, 1.807) is 18.4 Å². The Balaban J connectivity index is 4.74. The van der Waals surface area contributed by atoms with Gasteiger partial charge in [0.05, 0.1) is 0 Å². The lowest BCUT2D eigenvalue weighted by molar-refractivity contribution is 0.218. The van der Waals surface area contributed by atoms with E-state index in [4.69, 9.17) is 0 Å². The van der Waals surface area contributed by atoms with E-state index in [2.05, 4.69) is 28.8 Å². The van der Waals surface area contributed by atoms with Gasteiger partial charge in [-0.2, -0.15) is 4.99 Å². The molecule has 0 aromatic rings. The quantitative estimate of drug-likeness (QED) is 0.461. The number of amidine groups is 1. The van der Waals surface area contributed by atoms with Crippen LogP contribution in [0.4, 0.5) is 9.59 Å². The van der Waals surface area contributed by atoms with Crippen molar-refractivity contribution in [1.29, 1.82) is 0 Å². The molecule has 18 heavy (non-hydrogen) atoms. The minimum absolute atomic E-state index is 0.234. The lowest BCUT2D eigenvalue weighted by Gasteiger charge is -2.16. The molecule has 4 amide bonds. The van der Waals surface area contributed by atoms with Crippen LogP contribution in [0.1, 0.15) is 0 Å². The highest BCUT2D eigenvalue weighted by molar-refractivity contribution is 8.13. The van der Waals surface area contributed by atoms with E-state index in [1.807, 2.05) is 0 Å². The van der Waals surface area contributed by atoms with Gasteiger partial charge in [-0.3, -0.25) is 5.32 Å². The van der Waals surface area contributed by atoms with E-state index in [1.165, 1.54) is 23.7 Å². The van der Waals surface area contributed by atoms with Crippen molar-refractivity contribution in [3.63, 3.8) is 0 Å². The van der Waals surface area contributed by atoms with Crippen molar-refractivity contribution in [2.24, 2.45) is 4.99 Å². The van der Waals surface area contributed by atoms with Crippen molar-refractivity contribution in [3.8, 4) is 0 Å². The summed E-state index contributed by atoms with van der Waals surface area (Å²) < 4.78 is 0. The largest absolute Gasteiger partial charge is 0.346 e. The Morgan fingerprint density at radius 1 is 1.33 bits per heavy atom. The summed E-state index contributed by atoms with van der Waals surface area (Å²) in [5, 5.41) is 5.06. The molecule has 100 valence electrons. The number of nitrogens with one attached hydrogen (secondary N) is 2. The molecule has 7 heteroatoms. The van der Waals surface area contributed by atoms with Crippen LogP contribution < -0.4 is 10.6 Å². The van der Waals surface area contributed by atoms with Gasteiger partial charge in [-0.25, -0.2) is 9.59 Å². The number of carbonyl (C=O) groups excluding carboxylic acids is 2. The second-order valence-electron chi connectivity index (χ2n) is 3.09. The molecule has 0 saturated heterocycles. The van der Waals surface area contributed by atoms with E-state index in [-0.39, 0.29) is 5.17 Å². The lowest BCUT2D eigenvalue weighted by atomic mass is 10.5. The van der Waals surface area contributed by atoms with Gasteiger partial charge >= 0.3 is 12.1 Å². The second kappa shape index (κ2) is 9.29. The molecular formula is C11H18N4O2S. The van der Waals surface area contributed by atoms with Gasteiger partial charge in [-0.15, -0.1) is 13.2 Å². The molecule has 0 aromatic heterocycles. The average Bonchev–Trinajstić information content (AvgIpc) is 2.37. The van der Waals surface area contributed by atoms with E-state index in [0.717, 1.165) is 0 Å². The molecule has 0 heterocycles. The van der Waals surface area contributed by atoms with Crippen molar-refractivity contribution in [2.45, 2.75) is 0 Å². The molecule has 0 aromatic carbocycles. The first-order chi connectivity index (χ1) is 8.58. The molecule has 0 bridgehead atoms. The summed E-state index contributed by atoms with van der Waals surface area (Å²) in [6.45, 7) is 7.87. The molecule has 0 aliphatic carbocycles. The fourth-order valence-electron chi connectivity index (χ4n) is 0.984. The zero-order valence-electron chi connectivity index (χ0n) is 10.6. The summed E-state index contributed by atoms with van der Waals surface area (Å²) in [6, 6.07) is -0.870. The van der Waals surface area contributed by atoms with Crippen LogP contribution in [0.15, 0.2) is 30.3 Å². The summed E-state index contributed by atoms with van der Waals surface area (Å²) in [5.41, 5.74) is 0. The smallest absolute Gasteiger partial charge is 0.341 e. The molecule has 0 radical (unpaired) electrons. The molecule has 0 spiro atoms. The fraction of sp³-hybridized carbons (Fsp3) is 0.364. The zero-order chi connectivity index (χ0) is 14.0. The Bertz CT molecular complexity index is 345. The van der Waals surface area contributed by atoms with Crippen molar-refractivity contribution >= 4 is 29.0 Å². The maximum absolute atomic E-state index is 11.8. The Morgan fingerprint density at radius 3 is 2.28 bits per heavy atom. The number of urea groups is 2. The van der Waals surface area contributed by atoms with Gasteiger partial charge < -0.3 is 10.2 Å². The van der Waals surface area contributed by atoms with Gasteiger partial charge in [0, 0.05) is 20.1 Å². The molecular weight excluding hydrogens is 252 g/mol. The summed E-state index contributed by atoms with van der Waals surface area (Å²) >= 11 is 1.17. The summed E-state index contributed by atoms with van der Waals surface area (Å²) in [4.78, 5) is 28.2. The topological polar surface area (TPSA) is 73.8 Å². The molecule has 0 rings (SSSR count). The van der Waals surface area contributed by atoms with Crippen molar-refractivity contribution in [1.82, 2.24) is 15.5 Å². The molecule has 0 aliphatic heterocycles. The molecule has 0 saturated carbocycles. The molecule has 2 N–H and O–H groups in total. The van der Waals surface area contributed by atoms with E-state index < -0.39 is 12.1 Å². The fourth-order valence-corrected chi connectivity index (χ4v) is 1.35. The summed E-state index contributed by atoms with van der Waals surface area (Å²) in [5.74, 6) is 0. The molecule has 6 nitrogen and oxygen atoms in total. The first kappa shape index (κ1) is 16.2. The number of thioether (sulfide) groups is 1. The van der Waals surface area contributed by atoms with E-state index in [0.29, 0.717) is 13.1 Å². The third-order valence-electron chi connectivity index (χ3n) is 1.81. The van der Waals surface area contributed by atoms with Gasteiger partial charge in [0.2, 0.25) is 0 Å². The maximum Gasteiger partial charge on any atom is 0.346 e. The van der Waals surface area contributed by atoms with Crippen molar-refractivity contribution < 1.29 is 9.59 Å². The third kappa shape index (κ3) is 6.09. The van der Waals surface area contributed by atoms with Gasteiger partial charge in [0.25, 0.3) is 0 Å². The van der Waals surface area contributed by atoms with Crippen LogP contribution in [-0.2, 0) is 0 Å². The van der Waals surface area contributed by atoms with Crippen LogP contribution in [0.3, 0.4) is 0 Å². The Morgan fingerprint density at radius 2 is 1.89 bits per heavy atom. The number of carbonyl (C=O) groups is 2. The Labute approximate surface area is 111 Å². The number of nitrogens with zero attached hydrogens (tertiary/aromatic N) is 2. The molecule has 0 aliphatic rings. The van der Waals surface area contributed by atoms with Crippen LogP contribution in [0.25, 0.3) is 0 Å². The van der Waals surface area contributed by atoms with Crippen molar-refractivity contribution in [3.05, 3.63) is 25.3 Å². The summed E-state index contributed by atoms with van der Waals surface area (Å²) in [7, 11) is 1.48. The molecule has 0 fully saturated rings. The van der Waals surface area contributed by atoms with Gasteiger partial charge in [-0.05, 0) is 6.26 Å². The van der Waals surface area contributed by atoms with Crippen LogP contribution >= 0.6 is 11.8 Å². The highest BCUT2D eigenvalue weighted by atomic mass is 32.2. The summed E-state index contributed by atoms with van der Waals surface area (Å²) in [6.07, 6.45) is 4.91. The highest BCUT2D eigenvalue weighted by Gasteiger charge is 2.11. The monoisotopic (exact) mass is 270 g/mol. The number of amides is 4. The van der Waals surface area contributed by atoms with Gasteiger partial charge in [0.1, 0.15) is 0 Å². The number of aliphatic imine (C=N–C) groups is 1. The SMILES string of the molecule is C=CCN(CC=C)C(=O)N=C(NC(=O)NC)SC. The predicted molar refractivity (Wildman–Crippen MR) is 75.9 cm³/mol. The maximum atomic E-state index is 11.8. The number of rotatable bonds is 4. The van der Waals surface area contributed by atoms with Gasteiger partial charge in [-0.1, -0.05) is 23.9 Å².